The van der Waals surface area contributed by atoms with Crippen molar-refractivity contribution in [3.8, 4) is 0 Å². The Bertz CT molecular complexity index is 643. The molecule has 4 fully saturated rings. The Balaban J connectivity index is 1.43. The highest BCUT2D eigenvalue weighted by Gasteiger charge is 2.60. The Morgan fingerprint density at radius 2 is 1.61 bits per heavy atom. The molecule has 0 aromatic heterocycles. The summed E-state index contributed by atoms with van der Waals surface area (Å²) < 4.78 is 0. The van der Waals surface area contributed by atoms with Crippen molar-refractivity contribution in [2.75, 3.05) is 0 Å². The molecule has 2 nitrogen and oxygen atoms in total. The van der Waals surface area contributed by atoms with Gasteiger partial charge >= 0.3 is 0 Å². The summed E-state index contributed by atoms with van der Waals surface area (Å²) in [7, 11) is 0. The predicted octanol–water partition coefficient (Wildman–Crippen LogP) is 7.61. The van der Waals surface area contributed by atoms with Crippen LogP contribution in [-0.4, -0.2) is 11.9 Å². The molecular formula is C29H51NO. The third-order valence-corrected chi connectivity index (χ3v) is 11.3. The molecule has 1 amide bonds. The van der Waals surface area contributed by atoms with Gasteiger partial charge in [-0.1, -0.05) is 53.9 Å². The molecule has 178 valence electrons. The van der Waals surface area contributed by atoms with Crippen LogP contribution >= 0.6 is 0 Å². The molecule has 1 N–H and O–H groups in total. The van der Waals surface area contributed by atoms with E-state index >= 15 is 0 Å². The van der Waals surface area contributed by atoms with Crippen molar-refractivity contribution >= 4 is 5.91 Å². The summed E-state index contributed by atoms with van der Waals surface area (Å²) in [6.45, 7) is 14.4. The Morgan fingerprint density at radius 3 is 2.32 bits per heavy atom. The highest BCUT2D eigenvalue weighted by atomic mass is 16.1. The molecule has 0 aromatic rings. The number of carbonyl (C=O) groups excluding carboxylic acids is 1. The van der Waals surface area contributed by atoms with Crippen LogP contribution in [0.15, 0.2) is 0 Å². The summed E-state index contributed by atoms with van der Waals surface area (Å²) in [6, 6.07) is 0.434. The van der Waals surface area contributed by atoms with Crippen molar-refractivity contribution in [2.24, 2.45) is 52.3 Å². The second kappa shape index (κ2) is 9.02. The van der Waals surface area contributed by atoms with Gasteiger partial charge in [0, 0.05) is 13.0 Å². The molecule has 0 aromatic carbocycles. The summed E-state index contributed by atoms with van der Waals surface area (Å²) in [5.41, 5.74) is 1.13. The molecule has 4 aliphatic rings. The minimum absolute atomic E-state index is 0.162. The zero-order valence-electron chi connectivity index (χ0n) is 21.5. The monoisotopic (exact) mass is 429 g/mol. The topological polar surface area (TPSA) is 29.1 Å². The lowest BCUT2D eigenvalue weighted by atomic mass is 9.44. The van der Waals surface area contributed by atoms with E-state index in [1.165, 1.54) is 77.0 Å². The average molecular weight is 430 g/mol. The van der Waals surface area contributed by atoms with Crippen LogP contribution in [0, 0.1) is 52.3 Å². The first-order valence-corrected chi connectivity index (χ1v) is 13.9. The van der Waals surface area contributed by atoms with Gasteiger partial charge in [0.25, 0.3) is 0 Å². The van der Waals surface area contributed by atoms with Crippen LogP contribution < -0.4 is 5.32 Å². The van der Waals surface area contributed by atoms with Gasteiger partial charge in [-0.2, -0.15) is 0 Å². The Morgan fingerprint density at radius 1 is 0.903 bits per heavy atom. The van der Waals surface area contributed by atoms with E-state index in [-0.39, 0.29) is 5.91 Å². The number of amides is 1. The molecule has 0 spiro atoms. The molecule has 0 bridgehead atoms. The van der Waals surface area contributed by atoms with E-state index in [0.29, 0.717) is 16.9 Å². The molecule has 4 saturated carbocycles. The van der Waals surface area contributed by atoms with E-state index in [2.05, 4.69) is 39.9 Å². The van der Waals surface area contributed by atoms with Gasteiger partial charge < -0.3 is 5.32 Å². The van der Waals surface area contributed by atoms with Crippen LogP contribution in [0.3, 0.4) is 0 Å². The van der Waals surface area contributed by atoms with Crippen LogP contribution in [0.5, 0.6) is 0 Å². The van der Waals surface area contributed by atoms with E-state index in [1.54, 1.807) is 6.92 Å². The Labute approximate surface area is 193 Å². The number of hydrogen-bond acceptors (Lipinski definition) is 1. The van der Waals surface area contributed by atoms with E-state index < -0.39 is 0 Å². The van der Waals surface area contributed by atoms with E-state index in [4.69, 9.17) is 0 Å². The Hall–Kier alpha value is -0.530. The zero-order valence-corrected chi connectivity index (χ0v) is 21.5. The third-order valence-electron chi connectivity index (χ3n) is 11.3. The summed E-state index contributed by atoms with van der Waals surface area (Å²) >= 11 is 0. The van der Waals surface area contributed by atoms with Crippen LogP contribution in [-0.2, 0) is 4.79 Å². The minimum Gasteiger partial charge on any atom is -0.354 e. The number of hydrogen-bond donors (Lipinski definition) is 1. The summed E-state index contributed by atoms with van der Waals surface area (Å²) in [5.74, 6) is 6.62. The standard InChI is InChI=1S/C29H51NO/c1-19(2)8-7-9-20(3)25-12-13-26-24-11-10-22-18-23(30-21(4)31)14-16-28(22,5)27(24)15-17-29(25,26)6/h19-20,22-27H,7-18H2,1-6H3,(H,30,31)/t20?,22-,23+,24?,25+,26-,27-,28?,29+/m0/s1. The fraction of sp³-hybridized carbons (Fsp3) is 0.966. The quantitative estimate of drug-likeness (QED) is 0.462. The predicted molar refractivity (Wildman–Crippen MR) is 131 cm³/mol. The fourth-order valence-electron chi connectivity index (χ4n) is 9.70. The van der Waals surface area contributed by atoms with Crippen molar-refractivity contribution in [2.45, 2.75) is 125 Å². The van der Waals surface area contributed by atoms with Crippen molar-refractivity contribution in [3.05, 3.63) is 0 Å². The highest BCUT2D eigenvalue weighted by molar-refractivity contribution is 5.73. The van der Waals surface area contributed by atoms with Gasteiger partial charge in [0.1, 0.15) is 0 Å². The van der Waals surface area contributed by atoms with Crippen LogP contribution in [0.4, 0.5) is 0 Å². The molecule has 2 heteroatoms. The van der Waals surface area contributed by atoms with Crippen LogP contribution in [0.2, 0.25) is 0 Å². The van der Waals surface area contributed by atoms with Gasteiger partial charge in [-0.25, -0.2) is 0 Å². The maximum absolute atomic E-state index is 11.6. The van der Waals surface area contributed by atoms with E-state index in [9.17, 15) is 4.79 Å². The smallest absolute Gasteiger partial charge is 0.217 e. The van der Waals surface area contributed by atoms with E-state index in [1.807, 2.05) is 0 Å². The van der Waals surface area contributed by atoms with Gasteiger partial charge in [0.15, 0.2) is 0 Å². The first-order chi connectivity index (χ1) is 14.6. The second-order valence-corrected chi connectivity index (χ2v) is 13.4. The molecular weight excluding hydrogens is 378 g/mol. The van der Waals surface area contributed by atoms with Crippen molar-refractivity contribution in [3.63, 3.8) is 0 Å². The summed E-state index contributed by atoms with van der Waals surface area (Å²) in [6.07, 6.45) is 16.9. The van der Waals surface area contributed by atoms with Gasteiger partial charge in [-0.05, 0) is 110 Å². The zero-order chi connectivity index (χ0) is 22.4. The van der Waals surface area contributed by atoms with Crippen LogP contribution in [0.1, 0.15) is 119 Å². The maximum Gasteiger partial charge on any atom is 0.217 e. The average Bonchev–Trinajstić information content (AvgIpc) is 3.05. The fourth-order valence-corrected chi connectivity index (χ4v) is 9.70. The largest absolute Gasteiger partial charge is 0.354 e. The summed E-state index contributed by atoms with van der Waals surface area (Å²) in [5, 5.41) is 3.25. The SMILES string of the molecule is CC(=O)N[C@@H]1CCC2(C)[C@@H](CCC3[C@@H]2CC[C@]2(C)[C@@H](C(C)CCCC(C)C)CC[C@@H]32)C1. The number of rotatable bonds is 6. The lowest BCUT2D eigenvalue weighted by Gasteiger charge is -2.61. The van der Waals surface area contributed by atoms with Gasteiger partial charge in [0.2, 0.25) is 5.91 Å². The lowest BCUT2D eigenvalue weighted by molar-refractivity contribution is -0.126. The molecule has 0 radical (unpaired) electrons. The van der Waals surface area contributed by atoms with Crippen molar-refractivity contribution < 1.29 is 4.79 Å². The molecule has 0 aliphatic heterocycles. The number of nitrogens with one attached hydrogen (secondary N) is 1. The summed E-state index contributed by atoms with van der Waals surface area (Å²) in [4.78, 5) is 11.6. The molecule has 9 atom stereocenters. The van der Waals surface area contributed by atoms with Crippen molar-refractivity contribution in [1.82, 2.24) is 5.32 Å². The highest BCUT2D eigenvalue weighted by Crippen LogP contribution is 2.68. The van der Waals surface area contributed by atoms with Crippen molar-refractivity contribution in [1.29, 1.82) is 0 Å². The third kappa shape index (κ3) is 4.35. The van der Waals surface area contributed by atoms with Gasteiger partial charge in [0.05, 0.1) is 0 Å². The number of carbonyl (C=O) groups is 1. The first kappa shape index (κ1) is 23.6. The van der Waals surface area contributed by atoms with E-state index in [0.717, 1.165) is 41.4 Å². The first-order valence-electron chi connectivity index (χ1n) is 13.9. The van der Waals surface area contributed by atoms with Gasteiger partial charge in [-0.3, -0.25) is 4.79 Å². The molecule has 0 saturated heterocycles. The van der Waals surface area contributed by atoms with Gasteiger partial charge in [-0.15, -0.1) is 0 Å². The second-order valence-electron chi connectivity index (χ2n) is 13.4. The lowest BCUT2D eigenvalue weighted by Crippen LogP contribution is -2.55. The molecule has 3 unspecified atom stereocenters. The molecule has 31 heavy (non-hydrogen) atoms. The normalized spacial score (nSPS) is 45.5. The minimum atomic E-state index is 0.162. The molecule has 4 rings (SSSR count). The molecule has 4 aliphatic carbocycles. The molecule has 0 heterocycles. The maximum atomic E-state index is 11.6. The Kier molecular flexibility index (Phi) is 6.87. The van der Waals surface area contributed by atoms with Crippen LogP contribution in [0.25, 0.3) is 0 Å². The number of fused-ring (bicyclic) bond motifs is 5.